The van der Waals surface area contributed by atoms with Crippen molar-refractivity contribution < 1.29 is 14.7 Å². The Hall–Kier alpha value is -3.86. The third-order valence-electron chi connectivity index (χ3n) is 7.28. The molecule has 0 aromatic heterocycles. The van der Waals surface area contributed by atoms with Gasteiger partial charge in [-0.15, -0.1) is 0 Å². The van der Waals surface area contributed by atoms with Crippen LogP contribution in [0.2, 0.25) is 0 Å². The Morgan fingerprint density at radius 2 is 1.56 bits per heavy atom. The van der Waals surface area contributed by atoms with Gasteiger partial charge in [0.15, 0.2) is 5.78 Å². The first-order valence-corrected chi connectivity index (χ1v) is 12.4. The molecule has 3 aromatic rings. The van der Waals surface area contributed by atoms with Crippen LogP contribution in [0.1, 0.15) is 69.2 Å². The summed E-state index contributed by atoms with van der Waals surface area (Å²) in [5, 5.41) is 13.3. The van der Waals surface area contributed by atoms with Gasteiger partial charge in [-0.25, -0.2) is 0 Å². The molecule has 0 saturated heterocycles. The lowest BCUT2D eigenvalue weighted by molar-refractivity contribution is -0.117. The van der Waals surface area contributed by atoms with Gasteiger partial charge >= 0.3 is 0 Å². The van der Waals surface area contributed by atoms with Gasteiger partial charge in [0.1, 0.15) is 5.75 Å². The van der Waals surface area contributed by atoms with E-state index < -0.39 is 6.04 Å². The highest BCUT2D eigenvalue weighted by Crippen LogP contribution is 2.47. The van der Waals surface area contributed by atoms with Crippen LogP contribution < -0.4 is 10.2 Å². The molecular formula is C31H32N2O3. The van der Waals surface area contributed by atoms with E-state index in [2.05, 4.69) is 50.4 Å². The van der Waals surface area contributed by atoms with Crippen molar-refractivity contribution in [1.82, 2.24) is 0 Å². The van der Waals surface area contributed by atoms with Gasteiger partial charge in [-0.3, -0.25) is 14.5 Å². The van der Waals surface area contributed by atoms with Crippen LogP contribution in [0.15, 0.2) is 84.1 Å². The fourth-order valence-electron chi connectivity index (χ4n) is 5.40. The Balaban J connectivity index is 1.67. The number of Topliss-reactive ketones (excluding diaryl/α,β-unsaturated/α-hetero) is 1. The zero-order valence-electron chi connectivity index (χ0n) is 21.2. The molecule has 0 radical (unpaired) electrons. The molecule has 0 saturated carbocycles. The van der Waals surface area contributed by atoms with E-state index in [-0.39, 0.29) is 28.8 Å². The van der Waals surface area contributed by atoms with Crippen molar-refractivity contribution in [2.75, 3.05) is 10.2 Å². The van der Waals surface area contributed by atoms with Crippen LogP contribution in [0.25, 0.3) is 0 Å². The number of carbonyl (C=O) groups excluding carboxylic acids is 2. The van der Waals surface area contributed by atoms with Crippen LogP contribution in [0, 0.1) is 0 Å². The van der Waals surface area contributed by atoms with Gasteiger partial charge in [0.2, 0.25) is 5.91 Å². The Bertz CT molecular complexity index is 1350. The topological polar surface area (TPSA) is 69.6 Å². The van der Waals surface area contributed by atoms with E-state index in [9.17, 15) is 14.7 Å². The molecular weight excluding hydrogens is 448 g/mol. The first kappa shape index (κ1) is 23.9. The Kier molecular flexibility index (Phi) is 5.95. The number of para-hydroxylation sites is 2. The molecule has 1 amide bonds. The van der Waals surface area contributed by atoms with Crippen molar-refractivity contribution in [1.29, 1.82) is 0 Å². The number of phenolic OH excluding ortho intramolecular Hbond substituents is 1. The summed E-state index contributed by atoms with van der Waals surface area (Å²) in [6.45, 7) is 8.07. The summed E-state index contributed by atoms with van der Waals surface area (Å²) in [5.74, 6) is 0.115. The van der Waals surface area contributed by atoms with Gasteiger partial charge in [-0.1, -0.05) is 69.3 Å². The first-order chi connectivity index (χ1) is 17.1. The van der Waals surface area contributed by atoms with Crippen LogP contribution in [0.5, 0.6) is 5.75 Å². The van der Waals surface area contributed by atoms with E-state index in [0.717, 1.165) is 28.2 Å². The summed E-state index contributed by atoms with van der Waals surface area (Å²) >= 11 is 0. The van der Waals surface area contributed by atoms with Gasteiger partial charge in [0.05, 0.1) is 17.4 Å². The number of nitrogens with one attached hydrogen (secondary N) is 1. The van der Waals surface area contributed by atoms with E-state index in [0.29, 0.717) is 18.4 Å². The van der Waals surface area contributed by atoms with Gasteiger partial charge in [-0.05, 0) is 58.7 Å². The Morgan fingerprint density at radius 3 is 2.19 bits per heavy atom. The number of anilines is 2. The number of allylic oxidation sites excluding steroid dienone is 1. The van der Waals surface area contributed by atoms with Gasteiger partial charge in [-0.2, -0.15) is 0 Å². The minimum Gasteiger partial charge on any atom is -0.508 e. The summed E-state index contributed by atoms with van der Waals surface area (Å²) in [4.78, 5) is 28.8. The molecule has 1 heterocycles. The number of ketones is 1. The predicted molar refractivity (Wildman–Crippen MR) is 143 cm³/mol. The second kappa shape index (κ2) is 8.98. The lowest BCUT2D eigenvalue weighted by atomic mass is 9.77. The molecule has 0 fully saturated rings. The van der Waals surface area contributed by atoms with Crippen molar-refractivity contribution in [3.63, 3.8) is 0 Å². The molecule has 0 spiro atoms. The summed E-state index contributed by atoms with van der Waals surface area (Å²) in [5.41, 5.74) is 6.21. The highest BCUT2D eigenvalue weighted by molar-refractivity contribution is 6.06. The minimum absolute atomic E-state index is 0.00116. The molecule has 5 nitrogen and oxygen atoms in total. The molecule has 5 heteroatoms. The molecule has 1 aliphatic heterocycles. The number of fused-ring (bicyclic) bond motifs is 1. The number of hydrogen-bond donors (Lipinski definition) is 2. The first-order valence-electron chi connectivity index (χ1n) is 12.4. The molecule has 1 aliphatic carbocycles. The average Bonchev–Trinajstić information content (AvgIpc) is 2.98. The Morgan fingerprint density at radius 1 is 0.917 bits per heavy atom. The van der Waals surface area contributed by atoms with Crippen LogP contribution >= 0.6 is 0 Å². The number of amides is 1. The summed E-state index contributed by atoms with van der Waals surface area (Å²) in [6.07, 6.45) is 0.993. The van der Waals surface area contributed by atoms with Crippen molar-refractivity contribution in [3.8, 4) is 5.75 Å². The fraction of sp³-hybridized carbons (Fsp3) is 0.290. The van der Waals surface area contributed by atoms with Gasteiger partial charge in [0, 0.05) is 24.6 Å². The van der Waals surface area contributed by atoms with Gasteiger partial charge in [0.25, 0.3) is 0 Å². The largest absolute Gasteiger partial charge is 0.508 e. The smallest absolute Gasteiger partial charge is 0.224 e. The number of hydrogen-bond acceptors (Lipinski definition) is 4. The van der Waals surface area contributed by atoms with Crippen LogP contribution in [-0.2, 0) is 15.0 Å². The molecule has 5 rings (SSSR count). The predicted octanol–water partition coefficient (Wildman–Crippen LogP) is 6.61. The van der Waals surface area contributed by atoms with Crippen molar-refractivity contribution >= 4 is 23.1 Å². The summed E-state index contributed by atoms with van der Waals surface area (Å²) < 4.78 is 0. The molecule has 2 unspecified atom stereocenters. The molecule has 36 heavy (non-hydrogen) atoms. The summed E-state index contributed by atoms with van der Waals surface area (Å²) in [7, 11) is 0. The third-order valence-corrected chi connectivity index (χ3v) is 7.28. The van der Waals surface area contributed by atoms with Crippen LogP contribution in [0.4, 0.5) is 11.4 Å². The molecule has 3 aromatic carbocycles. The lowest BCUT2D eigenvalue weighted by Gasteiger charge is -2.35. The van der Waals surface area contributed by atoms with Crippen LogP contribution in [0.3, 0.4) is 0 Å². The Labute approximate surface area is 212 Å². The number of aromatic hydroxyl groups is 1. The fourth-order valence-corrected chi connectivity index (χ4v) is 5.40. The zero-order valence-corrected chi connectivity index (χ0v) is 21.2. The third kappa shape index (κ3) is 4.30. The maximum Gasteiger partial charge on any atom is 0.224 e. The van der Waals surface area contributed by atoms with E-state index >= 15 is 0 Å². The van der Waals surface area contributed by atoms with E-state index in [1.165, 1.54) is 5.56 Å². The van der Waals surface area contributed by atoms with Crippen molar-refractivity contribution in [3.05, 3.63) is 101 Å². The maximum atomic E-state index is 13.9. The van der Waals surface area contributed by atoms with Crippen LogP contribution in [-0.4, -0.2) is 16.8 Å². The maximum absolute atomic E-state index is 13.9. The number of rotatable bonds is 2. The molecule has 2 N–H and O–H groups in total. The molecule has 2 aliphatic rings. The van der Waals surface area contributed by atoms with E-state index in [1.807, 2.05) is 36.4 Å². The monoisotopic (exact) mass is 480 g/mol. The average molecular weight is 481 g/mol. The molecule has 0 bridgehead atoms. The van der Waals surface area contributed by atoms with Gasteiger partial charge < -0.3 is 10.4 Å². The number of nitrogens with zero attached hydrogens (tertiary/aromatic N) is 1. The van der Waals surface area contributed by atoms with E-state index in [4.69, 9.17) is 0 Å². The SMILES string of the molecule is CC(=O)N1c2ccccc2NC2=C(C(=O)CC(c3ccc(O)cc3)C2)C1c1ccc(C(C)(C)C)cc1. The van der Waals surface area contributed by atoms with E-state index in [1.54, 1.807) is 24.0 Å². The normalized spacial score (nSPS) is 19.8. The zero-order chi connectivity index (χ0) is 25.6. The number of benzene rings is 3. The number of carbonyl (C=O) groups is 2. The van der Waals surface area contributed by atoms with Crippen molar-refractivity contribution in [2.24, 2.45) is 0 Å². The number of phenols is 1. The quantitative estimate of drug-likeness (QED) is 0.433. The van der Waals surface area contributed by atoms with Crippen molar-refractivity contribution in [2.45, 2.75) is 57.9 Å². The standard InChI is InChI=1S/C31H32N2O3/c1-19(34)33-27-8-6-5-7-25(27)32-26-17-22(20-11-15-24(35)16-12-20)18-28(36)29(26)30(33)21-9-13-23(14-10-21)31(2,3)4/h5-16,22,30,32,35H,17-18H2,1-4H3. The minimum atomic E-state index is -0.518. The second-order valence-corrected chi connectivity index (χ2v) is 10.8. The second-order valence-electron chi connectivity index (χ2n) is 10.8. The molecule has 184 valence electrons. The highest BCUT2D eigenvalue weighted by Gasteiger charge is 2.40. The highest BCUT2D eigenvalue weighted by atomic mass is 16.3. The lowest BCUT2D eigenvalue weighted by Crippen LogP contribution is -2.37. The molecule has 2 atom stereocenters. The summed E-state index contributed by atoms with van der Waals surface area (Å²) in [6, 6.07) is 22.6.